The fourth-order valence-corrected chi connectivity index (χ4v) is 25.5. The van der Waals surface area contributed by atoms with E-state index < -0.39 is 132 Å². The van der Waals surface area contributed by atoms with Gasteiger partial charge in [-0.05, 0) is 255 Å². The van der Waals surface area contributed by atoms with E-state index >= 15 is 13.2 Å². The lowest BCUT2D eigenvalue weighted by atomic mass is 9.81. The van der Waals surface area contributed by atoms with Crippen molar-refractivity contribution in [2.24, 2.45) is 51.4 Å². The summed E-state index contributed by atoms with van der Waals surface area (Å²) in [6.45, 7) is 15.9. The number of aromatic nitrogens is 5. The molecule has 0 amide bonds. The lowest BCUT2D eigenvalue weighted by Crippen LogP contribution is -2.54. The monoisotopic (exact) mass is 1970 g/mol. The van der Waals surface area contributed by atoms with Crippen LogP contribution in [0, 0.1) is 57.4 Å². The number of aryl methyl sites for hydroxylation is 5. The number of likely N-dealkylation sites (tertiary alicyclic amines) is 1. The molecule has 15 aliphatic rings. The second kappa shape index (κ2) is 36.9. The van der Waals surface area contributed by atoms with E-state index in [0.29, 0.717) is 144 Å². The number of aromatic carboxylic acids is 5. The van der Waals surface area contributed by atoms with Gasteiger partial charge in [0.05, 0.1) is 34.2 Å². The Morgan fingerprint density at radius 1 is 0.347 bits per heavy atom. The number of fused-ring (bicyclic) bond motifs is 17. The summed E-state index contributed by atoms with van der Waals surface area (Å²) in [6, 6.07) is 24.2. The minimum Gasteiger partial charge on any atom is -0.506 e. The molecule has 7 aliphatic carbocycles. The molecule has 144 heavy (non-hydrogen) atoms. The van der Waals surface area contributed by atoms with Crippen molar-refractivity contribution >= 4 is 58.3 Å². The van der Waals surface area contributed by atoms with Gasteiger partial charge in [-0.1, -0.05) is 18.2 Å². The summed E-state index contributed by atoms with van der Waals surface area (Å²) in [5, 5.41) is 105. The van der Waals surface area contributed by atoms with E-state index in [1.165, 1.54) is 61.8 Å². The van der Waals surface area contributed by atoms with Gasteiger partial charge in [0.15, 0.2) is 39.5 Å². The highest BCUT2D eigenvalue weighted by Crippen LogP contribution is 2.53. The number of nitrogens with zero attached hydrogens (tertiary/aromatic N) is 6. The number of carboxylic acids is 5. The highest BCUT2D eigenvalue weighted by molar-refractivity contribution is 5.96. The standard InChI is InChI=1S/C23H27N3O4.C22H25N3O4.C21H23N3O4.C20H19F2N3O4.C20H20FN3O4/c1-25-9-7-23(12-25)8-10-26(13-23)15-5-6-16-14(11-15)3-2-4-17-19(16)24-21(28)18(20(17)27)22(29)30;26-19-16-3-1-2-13-10-14(25-9-7-22(12-25)6-8-23-11-22)4-5-15(13)18(16)24-20(27)17(19)21(28)29;25-18-15-3-1-2-12-8-13(24-7-6-21(11-24)9-22-10-21)4-5-14(12)17(15)23-19(26)16(18)20(27)28;21-14-11(25-5-9-10(6-25)16(9)23)4-7-2-1-3-8-17(12(7)15(14)22)24-19(27)13(18(8)26)20(28)29;21-13-5-9(24-6-11-12(7-24)16(11)22)4-8-2-1-3-10-17(14(8)13)23-19(26)15(18(10)25)20(27)28/h5-6,11H,2-4,7-10,12-13H2,1H3,(H,29,30)(H2,24,27,28);4-5,10,23H,1-3,6-9,11-12H2,(H,28,29)(H2,24,26,27);4-5,8,22H,1-3,6-7,9-11H2,(H,27,28)(H2,23,25,26);4,9-10,16H,1-3,5-6,23H2,(H,28,29)(H2,24,26,27);4-5,11-12,16H,1-3,6-7,22H2,(H,27,28)(H2,23,25,26)/t;;;9-,10+,16?;11-,12+,16?. The van der Waals surface area contributed by atoms with Crippen LogP contribution in [0.25, 0.3) is 56.3 Å². The van der Waals surface area contributed by atoms with Crippen molar-refractivity contribution in [1.82, 2.24) is 40.5 Å². The predicted molar refractivity (Wildman–Crippen MR) is 530 cm³/mol. The van der Waals surface area contributed by atoms with Crippen LogP contribution in [-0.2, 0) is 64.2 Å². The summed E-state index contributed by atoms with van der Waals surface area (Å²) >= 11 is 0. The summed E-state index contributed by atoms with van der Waals surface area (Å²) in [5.41, 5.74) is 21.3. The fraction of sp³-hybridized carbons (Fsp3) is 0.434. The number of nitrogens with one attached hydrogen (secondary N) is 7. The number of rotatable bonds is 10. The van der Waals surface area contributed by atoms with Gasteiger partial charge in [-0.15, -0.1) is 0 Å². The van der Waals surface area contributed by atoms with Gasteiger partial charge >= 0.3 is 29.8 Å². The van der Waals surface area contributed by atoms with Gasteiger partial charge < -0.3 is 127 Å². The number of hydrogen-bond acceptors (Lipinski definition) is 25. The number of anilines is 5. The first kappa shape index (κ1) is 95.9. The fourth-order valence-electron chi connectivity index (χ4n) is 25.5. The Bertz CT molecular complexity index is 7360. The van der Waals surface area contributed by atoms with Crippen LogP contribution in [0.4, 0.5) is 41.6 Å². The van der Waals surface area contributed by atoms with E-state index in [2.05, 4.69) is 103 Å². The van der Waals surface area contributed by atoms with Crippen molar-refractivity contribution < 1.29 is 88.2 Å². The lowest BCUT2D eigenvalue weighted by Gasteiger charge is -2.39. The number of hydrogen-bond donors (Lipinski definition) is 19. The van der Waals surface area contributed by atoms with Gasteiger partial charge in [-0.25, -0.2) is 37.1 Å². The van der Waals surface area contributed by atoms with E-state index in [4.69, 9.17) is 11.5 Å². The van der Waals surface area contributed by atoms with Gasteiger partial charge in [0.25, 0.3) is 27.8 Å². The van der Waals surface area contributed by atoms with Crippen molar-refractivity contribution in [1.29, 1.82) is 0 Å². The van der Waals surface area contributed by atoms with Gasteiger partial charge in [0.2, 0.25) is 0 Å². The minimum absolute atomic E-state index is 0.0563. The summed E-state index contributed by atoms with van der Waals surface area (Å²) in [4.78, 5) is 145. The number of carbonyl (C=O) groups is 5. The molecule has 8 aliphatic heterocycles. The quantitative estimate of drug-likeness (QED) is 0.0606. The summed E-state index contributed by atoms with van der Waals surface area (Å²) < 4.78 is 45.4. The molecule has 4 unspecified atom stereocenters. The molecular weight excluding hydrogens is 1860 g/mol. The number of H-pyrrole nitrogens is 5. The van der Waals surface area contributed by atoms with Gasteiger partial charge in [0.1, 0.15) is 34.6 Å². The number of carboxylic acid groups (broad SMARTS) is 5. The second-order valence-corrected chi connectivity index (χ2v) is 42.1. The van der Waals surface area contributed by atoms with Crippen LogP contribution in [0.5, 0.6) is 28.7 Å². The Labute approximate surface area is 821 Å². The number of aromatic amines is 5. The van der Waals surface area contributed by atoms with Crippen LogP contribution in [0.3, 0.4) is 0 Å². The second-order valence-electron chi connectivity index (χ2n) is 42.1. The molecule has 5 aromatic heterocycles. The summed E-state index contributed by atoms with van der Waals surface area (Å²) in [7, 11) is 2.20. The largest absolute Gasteiger partial charge is 0.506 e. The van der Waals surface area contributed by atoms with Crippen molar-refractivity contribution in [2.45, 2.75) is 141 Å². The first-order valence-corrected chi connectivity index (χ1v) is 49.6. The third-order valence-corrected chi connectivity index (χ3v) is 33.5. The Balaban J connectivity index is 0.000000106. The Kier molecular flexibility index (Phi) is 24.6. The van der Waals surface area contributed by atoms with Crippen LogP contribution in [-0.4, -0.2) is 235 Å². The van der Waals surface area contributed by atoms with Crippen LogP contribution in [0.2, 0.25) is 0 Å². The Hall–Kier alpha value is -14.2. The molecule has 35 nitrogen and oxygen atoms in total. The molecule has 3 spiro atoms. The third kappa shape index (κ3) is 17.0. The Morgan fingerprint density at radius 2 is 0.674 bits per heavy atom. The number of pyridine rings is 5. The van der Waals surface area contributed by atoms with E-state index in [1.54, 1.807) is 11.0 Å². The van der Waals surface area contributed by atoms with E-state index in [9.17, 15) is 99.0 Å². The number of aromatic hydroxyl groups is 5. The van der Waals surface area contributed by atoms with Gasteiger partial charge in [0, 0.05) is 198 Å². The lowest BCUT2D eigenvalue weighted by molar-refractivity contribution is 0.0680. The molecule has 0 radical (unpaired) electrons. The van der Waals surface area contributed by atoms with Crippen LogP contribution < -0.4 is 74.4 Å². The van der Waals surface area contributed by atoms with Crippen molar-refractivity contribution in [3.05, 3.63) is 225 Å². The SMILES string of the molecule is CN1CCC2(CCN(c3ccc4c(c3)CCCc3c-4[nH]c(=O)c(C(=O)O)c3O)C2)C1.NC1[C@H]2CN(c3cc(F)c4c(c3)CCCc3c-4[nH]c(=O)c(C(=O)O)c3O)C[C@@H]12.NC1[C@H]2CN(c3cc4c(c(F)c3F)-c3[nH]c(=O)c(C(=O)O)c(O)c3CCC4)C[C@@H]12.O=C(O)c1c(O)c2c([nH]c1=O)-c1ccc(N3CCC4(CCNC4)C3)cc1CCC2.O=C(O)c1c(O)c2c([nH]c1=O)-c1ccc(N3CCC4(CNC4)C3)cc1CCC2. The van der Waals surface area contributed by atoms with Crippen LogP contribution in [0.15, 0.2) is 96.8 Å². The summed E-state index contributed by atoms with van der Waals surface area (Å²) in [6.07, 6.45) is 15.2. The highest BCUT2D eigenvalue weighted by atomic mass is 19.2. The van der Waals surface area contributed by atoms with Gasteiger partial charge in [-0.2, -0.15) is 0 Å². The molecule has 10 fully saturated rings. The third-order valence-electron chi connectivity index (χ3n) is 33.5. The zero-order valence-electron chi connectivity index (χ0n) is 79.4. The maximum atomic E-state index is 15.2. The molecular formula is C106H114F3N15O20. The maximum absolute atomic E-state index is 15.2. The van der Waals surface area contributed by atoms with Gasteiger partial charge in [-0.3, -0.25) is 24.0 Å². The average Bonchev–Trinajstić information content (AvgIpc) is 1.52. The molecule has 5 aromatic carbocycles. The topological polar surface area (TPSA) is 547 Å². The molecule has 21 N–H and O–H groups in total. The van der Waals surface area contributed by atoms with Crippen molar-refractivity contribution in [3.8, 4) is 85.0 Å². The molecule has 25 rings (SSSR count). The Morgan fingerprint density at radius 3 is 1.03 bits per heavy atom. The molecule has 10 aromatic rings. The summed E-state index contributed by atoms with van der Waals surface area (Å²) in [5.74, 6) is -10.8. The first-order chi connectivity index (χ1) is 69.0. The van der Waals surface area contributed by atoms with Crippen LogP contribution in [0.1, 0.15) is 172 Å². The molecule has 8 saturated heterocycles. The minimum atomic E-state index is -1.58. The average molecular weight is 1980 g/mol. The zero-order valence-corrected chi connectivity index (χ0v) is 79.4. The molecule has 38 heteroatoms. The number of piperidine rings is 2. The van der Waals surface area contributed by atoms with E-state index in [0.717, 1.165) is 168 Å². The van der Waals surface area contributed by atoms with Crippen LogP contribution >= 0.6 is 0 Å². The smallest absolute Gasteiger partial charge is 0.345 e. The molecule has 0 bridgehead atoms. The maximum Gasteiger partial charge on any atom is 0.345 e. The predicted octanol–water partition coefficient (Wildman–Crippen LogP) is 9.40. The number of benzene rings is 5. The molecule has 754 valence electrons. The molecule has 8 atom stereocenters. The first-order valence-electron chi connectivity index (χ1n) is 49.6. The molecule has 2 saturated carbocycles. The highest BCUT2D eigenvalue weighted by Gasteiger charge is 2.56. The molecule has 13 heterocycles. The zero-order chi connectivity index (χ0) is 101. The normalized spacial score (nSPS) is 23.1. The van der Waals surface area contributed by atoms with E-state index in [1.807, 2.05) is 24.3 Å². The van der Waals surface area contributed by atoms with Crippen molar-refractivity contribution in [3.63, 3.8) is 0 Å². The van der Waals surface area contributed by atoms with Crippen molar-refractivity contribution in [2.75, 3.05) is 136 Å². The van der Waals surface area contributed by atoms with E-state index in [-0.39, 0.29) is 57.8 Å². The number of halogens is 3. The number of nitrogens with two attached hydrogens (primary N) is 2.